The summed E-state index contributed by atoms with van der Waals surface area (Å²) in [6.07, 6.45) is 2.39. The molecule has 0 spiro atoms. The number of aromatic nitrogens is 2. The van der Waals surface area contributed by atoms with Gasteiger partial charge in [-0.15, -0.1) is 0 Å². The van der Waals surface area contributed by atoms with Crippen molar-refractivity contribution in [2.24, 2.45) is 0 Å². The van der Waals surface area contributed by atoms with Crippen molar-refractivity contribution in [3.8, 4) is 0 Å². The van der Waals surface area contributed by atoms with Gasteiger partial charge in [-0.05, 0) is 25.1 Å². The molecule has 0 saturated heterocycles. The van der Waals surface area contributed by atoms with Crippen LogP contribution in [-0.4, -0.2) is 22.4 Å². The summed E-state index contributed by atoms with van der Waals surface area (Å²) in [6.45, 7) is 2.57. The third-order valence-electron chi connectivity index (χ3n) is 2.44. The number of rotatable bonds is 4. The van der Waals surface area contributed by atoms with Gasteiger partial charge in [-0.2, -0.15) is 0 Å². The lowest BCUT2D eigenvalue weighted by Crippen LogP contribution is -2.16. The number of amides is 1. The summed E-state index contributed by atoms with van der Waals surface area (Å²) in [6, 6.07) is 4.58. The molecule has 104 valence electrons. The lowest BCUT2D eigenvalue weighted by atomic mass is 10.3. The number of carbonyl (C=O) groups is 1. The molecule has 0 bridgehead atoms. The van der Waals surface area contributed by atoms with Crippen LogP contribution in [0, 0.1) is 5.82 Å². The Hall–Kier alpha value is -2.21. The molecular formula is C13H12ClFN4O. The molecular weight excluding hydrogens is 283 g/mol. The summed E-state index contributed by atoms with van der Waals surface area (Å²) in [5.74, 6) is -0.683. The third kappa shape index (κ3) is 3.21. The standard InChI is InChI=1S/C13H12ClFN4O/c1-2-17-11-4-3-8(14)12(19-11)13(20)18-10-5-6-16-7-9(10)15/h3-7H,2H2,1H3,(H,17,19)(H,16,18,20). The largest absolute Gasteiger partial charge is 0.370 e. The van der Waals surface area contributed by atoms with Gasteiger partial charge in [0.2, 0.25) is 0 Å². The van der Waals surface area contributed by atoms with E-state index in [1.54, 1.807) is 12.1 Å². The lowest BCUT2D eigenvalue weighted by Gasteiger charge is -2.09. The number of nitrogens with one attached hydrogen (secondary N) is 2. The lowest BCUT2D eigenvalue weighted by molar-refractivity contribution is 0.102. The molecule has 2 aromatic heterocycles. The second-order valence-corrected chi connectivity index (χ2v) is 4.27. The Balaban J connectivity index is 2.25. The SMILES string of the molecule is CCNc1ccc(Cl)c(C(=O)Nc2ccncc2F)n1. The van der Waals surface area contributed by atoms with Gasteiger partial charge in [0, 0.05) is 12.7 Å². The maximum absolute atomic E-state index is 13.4. The van der Waals surface area contributed by atoms with Crippen LogP contribution in [0.1, 0.15) is 17.4 Å². The van der Waals surface area contributed by atoms with E-state index >= 15 is 0 Å². The summed E-state index contributed by atoms with van der Waals surface area (Å²) in [4.78, 5) is 19.8. The molecule has 2 N–H and O–H groups in total. The van der Waals surface area contributed by atoms with Gasteiger partial charge in [-0.25, -0.2) is 9.37 Å². The van der Waals surface area contributed by atoms with Gasteiger partial charge >= 0.3 is 0 Å². The van der Waals surface area contributed by atoms with E-state index in [1.165, 1.54) is 12.3 Å². The van der Waals surface area contributed by atoms with Crippen LogP contribution < -0.4 is 10.6 Å². The predicted octanol–water partition coefficient (Wildman–Crippen LogP) is 2.95. The van der Waals surface area contributed by atoms with Crippen molar-refractivity contribution in [1.82, 2.24) is 9.97 Å². The molecule has 0 atom stereocenters. The van der Waals surface area contributed by atoms with Gasteiger partial charge in [0.05, 0.1) is 16.9 Å². The molecule has 0 aromatic carbocycles. The van der Waals surface area contributed by atoms with E-state index in [2.05, 4.69) is 20.6 Å². The Morgan fingerprint density at radius 2 is 2.20 bits per heavy atom. The first kappa shape index (κ1) is 14.2. The third-order valence-corrected chi connectivity index (χ3v) is 2.74. The van der Waals surface area contributed by atoms with E-state index < -0.39 is 11.7 Å². The molecule has 2 rings (SSSR count). The number of halogens is 2. The minimum absolute atomic E-state index is 0.0247. The van der Waals surface area contributed by atoms with Crippen LogP contribution in [0.5, 0.6) is 0 Å². The van der Waals surface area contributed by atoms with E-state index in [0.29, 0.717) is 12.4 Å². The number of hydrogen-bond donors (Lipinski definition) is 2. The van der Waals surface area contributed by atoms with Gasteiger partial charge in [-0.3, -0.25) is 9.78 Å². The number of hydrogen-bond acceptors (Lipinski definition) is 4. The second-order valence-electron chi connectivity index (χ2n) is 3.87. The number of pyridine rings is 2. The fraction of sp³-hybridized carbons (Fsp3) is 0.154. The minimum atomic E-state index is -0.625. The summed E-state index contributed by atoms with van der Waals surface area (Å²) in [5.41, 5.74) is 0.0537. The Labute approximate surface area is 120 Å². The Morgan fingerprint density at radius 3 is 2.90 bits per heavy atom. The number of nitrogens with zero attached hydrogens (tertiary/aromatic N) is 2. The Morgan fingerprint density at radius 1 is 1.40 bits per heavy atom. The van der Waals surface area contributed by atoms with Crippen LogP contribution in [0.15, 0.2) is 30.6 Å². The molecule has 0 aliphatic heterocycles. The van der Waals surface area contributed by atoms with Crippen molar-refractivity contribution in [2.75, 3.05) is 17.2 Å². The van der Waals surface area contributed by atoms with Crippen molar-refractivity contribution in [3.05, 3.63) is 47.1 Å². The van der Waals surface area contributed by atoms with Crippen LogP contribution in [0.2, 0.25) is 5.02 Å². The second kappa shape index (κ2) is 6.29. The van der Waals surface area contributed by atoms with Crippen LogP contribution in [-0.2, 0) is 0 Å². The first-order chi connectivity index (χ1) is 9.61. The van der Waals surface area contributed by atoms with E-state index in [0.717, 1.165) is 6.20 Å². The summed E-state index contributed by atoms with van der Waals surface area (Å²) in [5, 5.41) is 5.57. The normalized spacial score (nSPS) is 10.2. The zero-order chi connectivity index (χ0) is 14.5. The van der Waals surface area contributed by atoms with Crippen LogP contribution in [0.4, 0.5) is 15.9 Å². The molecule has 1 amide bonds. The van der Waals surface area contributed by atoms with Crippen LogP contribution in [0.25, 0.3) is 0 Å². The molecule has 20 heavy (non-hydrogen) atoms. The highest BCUT2D eigenvalue weighted by atomic mass is 35.5. The molecule has 2 heterocycles. The molecule has 5 nitrogen and oxygen atoms in total. The van der Waals surface area contributed by atoms with E-state index in [9.17, 15) is 9.18 Å². The van der Waals surface area contributed by atoms with Gasteiger partial charge in [0.15, 0.2) is 5.82 Å². The number of anilines is 2. The van der Waals surface area contributed by atoms with E-state index in [1.807, 2.05) is 6.92 Å². The average molecular weight is 295 g/mol. The Bertz CT molecular complexity index is 636. The van der Waals surface area contributed by atoms with Crippen molar-refractivity contribution < 1.29 is 9.18 Å². The highest BCUT2D eigenvalue weighted by molar-refractivity contribution is 6.34. The van der Waals surface area contributed by atoms with Crippen molar-refractivity contribution in [2.45, 2.75) is 6.92 Å². The fourth-order valence-corrected chi connectivity index (χ4v) is 1.73. The molecule has 7 heteroatoms. The Kier molecular flexibility index (Phi) is 4.47. The van der Waals surface area contributed by atoms with Crippen LogP contribution in [0.3, 0.4) is 0 Å². The highest BCUT2D eigenvalue weighted by Crippen LogP contribution is 2.19. The predicted molar refractivity (Wildman–Crippen MR) is 75.6 cm³/mol. The number of carbonyl (C=O) groups excluding carboxylic acids is 1. The first-order valence-electron chi connectivity index (χ1n) is 5.93. The average Bonchev–Trinajstić information content (AvgIpc) is 2.43. The monoisotopic (exact) mass is 294 g/mol. The first-order valence-corrected chi connectivity index (χ1v) is 6.31. The molecule has 0 unspecified atom stereocenters. The maximum Gasteiger partial charge on any atom is 0.275 e. The van der Waals surface area contributed by atoms with Crippen molar-refractivity contribution in [1.29, 1.82) is 0 Å². The molecule has 0 aliphatic carbocycles. The molecule has 0 radical (unpaired) electrons. The topological polar surface area (TPSA) is 66.9 Å². The van der Waals surface area contributed by atoms with E-state index in [-0.39, 0.29) is 16.4 Å². The minimum Gasteiger partial charge on any atom is -0.370 e. The summed E-state index contributed by atoms with van der Waals surface area (Å²) < 4.78 is 13.4. The van der Waals surface area contributed by atoms with Crippen molar-refractivity contribution in [3.63, 3.8) is 0 Å². The highest BCUT2D eigenvalue weighted by Gasteiger charge is 2.15. The zero-order valence-electron chi connectivity index (χ0n) is 10.7. The zero-order valence-corrected chi connectivity index (χ0v) is 11.4. The van der Waals surface area contributed by atoms with Gasteiger partial charge in [0.1, 0.15) is 11.5 Å². The molecule has 0 fully saturated rings. The molecule has 2 aromatic rings. The smallest absolute Gasteiger partial charge is 0.275 e. The van der Waals surface area contributed by atoms with Gasteiger partial charge in [0.25, 0.3) is 5.91 Å². The van der Waals surface area contributed by atoms with Crippen molar-refractivity contribution >= 4 is 29.0 Å². The molecule has 0 aliphatic rings. The quantitative estimate of drug-likeness (QED) is 0.910. The van der Waals surface area contributed by atoms with Gasteiger partial charge < -0.3 is 10.6 Å². The van der Waals surface area contributed by atoms with E-state index in [4.69, 9.17) is 11.6 Å². The summed E-state index contributed by atoms with van der Waals surface area (Å²) in [7, 11) is 0. The van der Waals surface area contributed by atoms with Crippen LogP contribution >= 0.6 is 11.6 Å². The summed E-state index contributed by atoms with van der Waals surface area (Å²) >= 11 is 5.94. The fourth-order valence-electron chi connectivity index (χ4n) is 1.54. The molecule has 0 saturated carbocycles. The maximum atomic E-state index is 13.4. The van der Waals surface area contributed by atoms with Gasteiger partial charge in [-0.1, -0.05) is 11.6 Å².